The van der Waals surface area contributed by atoms with Gasteiger partial charge in [0.25, 0.3) is 11.1 Å². The number of benzene rings is 1. The van der Waals surface area contributed by atoms with Crippen molar-refractivity contribution in [3.63, 3.8) is 0 Å². The summed E-state index contributed by atoms with van der Waals surface area (Å²) in [5.41, 5.74) is 2.14. The van der Waals surface area contributed by atoms with Crippen LogP contribution in [0.1, 0.15) is 58.2 Å². The van der Waals surface area contributed by atoms with Crippen molar-refractivity contribution in [1.29, 1.82) is 0 Å². The number of carbonyl (C=O) groups is 1. The summed E-state index contributed by atoms with van der Waals surface area (Å²) in [7, 11) is 0. The maximum atomic E-state index is 11.8. The largest absolute Gasteiger partial charge is 0.507 e. The van der Waals surface area contributed by atoms with E-state index in [0.29, 0.717) is 5.56 Å². The van der Waals surface area contributed by atoms with Gasteiger partial charge in [-0.3, -0.25) is 10.1 Å². The molecule has 0 atom stereocenters. The Labute approximate surface area is 142 Å². The molecule has 1 aliphatic heterocycles. The van der Waals surface area contributed by atoms with E-state index in [4.69, 9.17) is 17.0 Å². The van der Waals surface area contributed by atoms with Crippen LogP contribution in [0.4, 0.5) is 0 Å². The number of rotatable bonds is 1. The van der Waals surface area contributed by atoms with E-state index in [1.54, 1.807) is 0 Å². The Morgan fingerprint density at radius 3 is 2.17 bits per heavy atom. The predicted molar refractivity (Wildman–Crippen MR) is 95.3 cm³/mol. The molecule has 0 bridgehead atoms. The molecule has 1 saturated heterocycles. The van der Waals surface area contributed by atoms with Crippen molar-refractivity contribution >= 4 is 29.4 Å². The summed E-state index contributed by atoms with van der Waals surface area (Å²) in [5, 5.41) is 13.1. The minimum atomic E-state index is -0.395. The van der Waals surface area contributed by atoms with Gasteiger partial charge in [0, 0.05) is 11.1 Å². The van der Waals surface area contributed by atoms with E-state index < -0.39 is 5.91 Å². The maximum Gasteiger partial charge on any atom is 0.294 e. The van der Waals surface area contributed by atoms with Crippen LogP contribution in [-0.4, -0.2) is 16.2 Å². The van der Waals surface area contributed by atoms with E-state index in [2.05, 4.69) is 26.1 Å². The summed E-state index contributed by atoms with van der Waals surface area (Å²) >= 11 is 4.83. The molecule has 2 rings (SSSR count). The number of amides is 1. The van der Waals surface area contributed by atoms with Crippen molar-refractivity contribution in [1.82, 2.24) is 5.32 Å². The zero-order chi connectivity index (χ0) is 17.6. The topological polar surface area (TPSA) is 58.6 Å². The molecule has 1 aliphatic rings. The van der Waals surface area contributed by atoms with Crippen LogP contribution in [0.5, 0.6) is 5.75 Å². The molecule has 0 aliphatic carbocycles. The van der Waals surface area contributed by atoms with Gasteiger partial charge >= 0.3 is 0 Å². The number of carbonyl (C=O) groups excluding carboxylic acids is 1. The molecule has 1 amide bonds. The molecule has 0 unspecified atom stereocenters. The molecule has 1 heterocycles. The second kappa shape index (κ2) is 5.64. The van der Waals surface area contributed by atoms with Crippen LogP contribution in [0, 0.1) is 0 Å². The smallest absolute Gasteiger partial charge is 0.294 e. The second-order valence-electron chi connectivity index (χ2n) is 7.81. The van der Waals surface area contributed by atoms with Crippen molar-refractivity contribution in [3.05, 3.63) is 34.6 Å². The van der Waals surface area contributed by atoms with E-state index in [9.17, 15) is 9.90 Å². The fraction of sp³-hybridized carbons (Fsp3) is 0.444. The second-order valence-corrected chi connectivity index (χ2v) is 8.18. The summed E-state index contributed by atoms with van der Waals surface area (Å²) in [6, 6.07) is 3.91. The van der Waals surface area contributed by atoms with E-state index in [0.717, 1.165) is 11.1 Å². The number of phenols is 1. The molecule has 0 saturated carbocycles. The summed E-state index contributed by atoms with van der Waals surface area (Å²) < 4.78 is 5.20. The standard InChI is InChI=1S/C18H23NO3S/c1-17(2,3)11-7-10(8-13-15(21)19-16(23)22-13)14(20)12(9-11)18(4,5)6/h7-9,20H,1-6H3,(H,19,21,23). The molecular formula is C18H23NO3S. The summed E-state index contributed by atoms with van der Waals surface area (Å²) in [4.78, 5) is 11.8. The molecule has 2 N–H and O–H groups in total. The first-order chi connectivity index (χ1) is 10.4. The number of nitrogens with one attached hydrogen (secondary N) is 1. The van der Waals surface area contributed by atoms with Crippen LogP contribution >= 0.6 is 12.2 Å². The van der Waals surface area contributed by atoms with Crippen LogP contribution < -0.4 is 5.32 Å². The van der Waals surface area contributed by atoms with E-state index >= 15 is 0 Å². The third-order valence-corrected chi connectivity index (χ3v) is 3.93. The van der Waals surface area contributed by atoms with Crippen LogP contribution in [0.3, 0.4) is 0 Å². The van der Waals surface area contributed by atoms with Gasteiger partial charge in [-0.15, -0.1) is 0 Å². The lowest BCUT2D eigenvalue weighted by Gasteiger charge is -2.27. The van der Waals surface area contributed by atoms with Gasteiger partial charge in [-0.05, 0) is 40.8 Å². The van der Waals surface area contributed by atoms with E-state index in [1.165, 1.54) is 6.08 Å². The Kier molecular flexibility index (Phi) is 4.28. The SMILES string of the molecule is CC(C)(C)c1cc(C=C2OC(=S)NC2=O)c(O)c(C(C)(C)C)c1. The van der Waals surface area contributed by atoms with Gasteiger partial charge in [-0.25, -0.2) is 0 Å². The summed E-state index contributed by atoms with van der Waals surface area (Å²) in [5.74, 6) is -0.142. The zero-order valence-corrected chi connectivity index (χ0v) is 15.2. The van der Waals surface area contributed by atoms with E-state index in [1.807, 2.05) is 32.9 Å². The van der Waals surface area contributed by atoms with Crippen molar-refractivity contribution in [2.75, 3.05) is 0 Å². The summed E-state index contributed by atoms with van der Waals surface area (Å²) in [6.07, 6.45) is 1.54. The van der Waals surface area contributed by atoms with E-state index in [-0.39, 0.29) is 27.5 Å². The van der Waals surface area contributed by atoms with Crippen LogP contribution in [0.2, 0.25) is 0 Å². The van der Waals surface area contributed by atoms with Gasteiger partial charge in [-0.2, -0.15) is 0 Å². The van der Waals surface area contributed by atoms with Crippen LogP contribution in [0.25, 0.3) is 6.08 Å². The highest BCUT2D eigenvalue weighted by Crippen LogP contribution is 2.38. The van der Waals surface area contributed by atoms with Crippen LogP contribution in [-0.2, 0) is 20.4 Å². The molecule has 1 fully saturated rings. The molecular weight excluding hydrogens is 310 g/mol. The van der Waals surface area contributed by atoms with Crippen molar-refractivity contribution < 1.29 is 14.6 Å². The fourth-order valence-electron chi connectivity index (χ4n) is 2.33. The highest BCUT2D eigenvalue weighted by molar-refractivity contribution is 7.80. The predicted octanol–water partition coefficient (Wildman–Crippen LogP) is 3.76. The maximum absolute atomic E-state index is 11.8. The number of hydrogen-bond donors (Lipinski definition) is 2. The lowest BCUT2D eigenvalue weighted by Crippen LogP contribution is -2.18. The number of aromatic hydroxyl groups is 1. The third kappa shape index (κ3) is 3.72. The van der Waals surface area contributed by atoms with Gasteiger partial charge in [0.05, 0.1) is 0 Å². The summed E-state index contributed by atoms with van der Waals surface area (Å²) in [6.45, 7) is 12.4. The minimum absolute atomic E-state index is 0.0313. The van der Waals surface area contributed by atoms with Crippen molar-refractivity contribution in [2.24, 2.45) is 0 Å². The molecule has 0 spiro atoms. The zero-order valence-electron chi connectivity index (χ0n) is 14.4. The van der Waals surface area contributed by atoms with Gasteiger partial charge in [-0.1, -0.05) is 47.6 Å². The third-order valence-electron chi connectivity index (χ3n) is 3.74. The molecule has 5 heteroatoms. The van der Waals surface area contributed by atoms with Crippen molar-refractivity contribution in [2.45, 2.75) is 52.4 Å². The molecule has 124 valence electrons. The molecule has 0 radical (unpaired) electrons. The van der Waals surface area contributed by atoms with Crippen molar-refractivity contribution in [3.8, 4) is 5.75 Å². The number of ether oxygens (including phenoxy) is 1. The Balaban J connectivity index is 2.66. The monoisotopic (exact) mass is 333 g/mol. The molecule has 1 aromatic rings. The Morgan fingerprint density at radius 2 is 1.74 bits per heavy atom. The molecule has 23 heavy (non-hydrogen) atoms. The van der Waals surface area contributed by atoms with Gasteiger partial charge in [0.1, 0.15) is 5.75 Å². The first-order valence-corrected chi connectivity index (χ1v) is 7.93. The Morgan fingerprint density at radius 1 is 1.13 bits per heavy atom. The number of phenolic OH excluding ortho intramolecular Hbond substituents is 1. The fourth-order valence-corrected chi connectivity index (χ4v) is 2.52. The Hall–Kier alpha value is -1.88. The number of hydrogen-bond acceptors (Lipinski definition) is 4. The molecule has 1 aromatic carbocycles. The molecule has 4 nitrogen and oxygen atoms in total. The molecule has 0 aromatic heterocycles. The van der Waals surface area contributed by atoms with Crippen LogP contribution in [0.15, 0.2) is 17.9 Å². The quantitative estimate of drug-likeness (QED) is 0.607. The number of thiocarbonyl (C=S) groups is 1. The highest BCUT2D eigenvalue weighted by Gasteiger charge is 2.27. The van der Waals surface area contributed by atoms with Gasteiger partial charge in [0.2, 0.25) is 0 Å². The lowest BCUT2D eigenvalue weighted by molar-refractivity contribution is -0.116. The first kappa shape index (κ1) is 17.5. The average Bonchev–Trinajstić information content (AvgIpc) is 2.67. The lowest BCUT2D eigenvalue weighted by atomic mass is 9.79. The first-order valence-electron chi connectivity index (χ1n) is 7.52. The Bertz CT molecular complexity index is 706. The minimum Gasteiger partial charge on any atom is -0.507 e. The average molecular weight is 333 g/mol. The normalized spacial score (nSPS) is 17.4. The van der Waals surface area contributed by atoms with Gasteiger partial charge < -0.3 is 9.84 Å². The highest BCUT2D eigenvalue weighted by atomic mass is 32.1. The van der Waals surface area contributed by atoms with Gasteiger partial charge in [0.15, 0.2) is 5.76 Å².